The van der Waals surface area contributed by atoms with Crippen LogP contribution in [-0.2, 0) is 0 Å². The summed E-state index contributed by atoms with van der Waals surface area (Å²) in [6.07, 6.45) is 0. The fourth-order valence-electron chi connectivity index (χ4n) is 3.11. The minimum Gasteiger partial charge on any atom is -0.354 e. The molecule has 0 saturated carbocycles. The summed E-state index contributed by atoms with van der Waals surface area (Å²) in [5, 5.41) is 6.52. The highest BCUT2D eigenvalue weighted by atomic mass is 32.1. The Morgan fingerprint density at radius 3 is 2.86 bits per heavy atom. The first-order valence-corrected chi connectivity index (χ1v) is 8.38. The largest absolute Gasteiger partial charge is 0.354 e. The number of anilines is 2. The van der Waals surface area contributed by atoms with Crippen molar-refractivity contribution in [1.29, 1.82) is 0 Å². The molecular formula is C15H23N5S. The van der Waals surface area contributed by atoms with Crippen LogP contribution in [0.2, 0.25) is 0 Å². The molecule has 0 radical (unpaired) electrons. The number of thiophene rings is 1. The van der Waals surface area contributed by atoms with Crippen LogP contribution >= 0.6 is 11.3 Å². The lowest BCUT2D eigenvalue weighted by Gasteiger charge is -2.23. The molecule has 3 rings (SSSR count). The van der Waals surface area contributed by atoms with Crippen LogP contribution in [0.4, 0.5) is 11.8 Å². The quantitative estimate of drug-likeness (QED) is 0.940. The molecule has 1 N–H and O–H groups in total. The van der Waals surface area contributed by atoms with E-state index in [9.17, 15) is 0 Å². The summed E-state index contributed by atoms with van der Waals surface area (Å²) >= 11 is 1.68. The minimum atomic E-state index is 0.580. The van der Waals surface area contributed by atoms with Crippen molar-refractivity contribution in [3.8, 4) is 0 Å². The van der Waals surface area contributed by atoms with E-state index in [1.54, 1.807) is 11.3 Å². The van der Waals surface area contributed by atoms with Crippen LogP contribution in [0.25, 0.3) is 10.2 Å². The van der Waals surface area contributed by atoms with Gasteiger partial charge in [0.15, 0.2) is 0 Å². The van der Waals surface area contributed by atoms with Gasteiger partial charge in [0.25, 0.3) is 0 Å². The van der Waals surface area contributed by atoms with Gasteiger partial charge in [-0.05, 0) is 38.4 Å². The number of hydrogen-bond donors (Lipinski definition) is 1. The maximum Gasteiger partial charge on any atom is 0.226 e. The SMILES string of the molecule is CCNc1nc(N2CC(C)C(N(C)C)C2)c2ccsc2n1. The van der Waals surface area contributed by atoms with E-state index < -0.39 is 0 Å². The second-order valence-corrected chi connectivity index (χ2v) is 6.85. The zero-order valence-corrected chi connectivity index (χ0v) is 13.9. The van der Waals surface area contributed by atoms with E-state index in [1.165, 1.54) is 5.39 Å². The lowest BCUT2D eigenvalue weighted by molar-refractivity contribution is 0.266. The first-order valence-electron chi connectivity index (χ1n) is 7.50. The van der Waals surface area contributed by atoms with Crippen molar-refractivity contribution in [3.05, 3.63) is 11.4 Å². The number of aromatic nitrogens is 2. The van der Waals surface area contributed by atoms with Crippen LogP contribution in [-0.4, -0.2) is 54.6 Å². The van der Waals surface area contributed by atoms with Crippen molar-refractivity contribution < 1.29 is 0 Å². The van der Waals surface area contributed by atoms with Gasteiger partial charge in [0.2, 0.25) is 5.95 Å². The molecule has 1 saturated heterocycles. The predicted octanol–water partition coefficient (Wildman–Crippen LogP) is 2.51. The standard InChI is InChI=1S/C15H23N5S/c1-5-16-15-17-13(11-6-7-21-14(11)18-15)20-8-10(2)12(9-20)19(3)4/h6-7,10,12H,5,8-9H2,1-4H3,(H,16,17,18). The van der Waals surface area contributed by atoms with Gasteiger partial charge in [0.05, 0.1) is 5.39 Å². The van der Waals surface area contributed by atoms with Crippen LogP contribution < -0.4 is 10.2 Å². The Kier molecular flexibility index (Phi) is 3.99. The first-order chi connectivity index (χ1) is 10.1. The zero-order chi connectivity index (χ0) is 15.0. The fraction of sp³-hybridized carbons (Fsp3) is 0.600. The van der Waals surface area contributed by atoms with Gasteiger partial charge in [-0.15, -0.1) is 11.3 Å². The van der Waals surface area contributed by atoms with Gasteiger partial charge in [-0.3, -0.25) is 0 Å². The maximum absolute atomic E-state index is 4.76. The highest BCUT2D eigenvalue weighted by molar-refractivity contribution is 7.16. The van der Waals surface area contributed by atoms with Gasteiger partial charge >= 0.3 is 0 Å². The summed E-state index contributed by atoms with van der Waals surface area (Å²) in [5.74, 6) is 2.46. The number of likely N-dealkylation sites (N-methyl/N-ethyl adjacent to an activating group) is 1. The third-order valence-corrected chi connectivity index (χ3v) is 4.98. The molecule has 0 bridgehead atoms. The first kappa shape index (κ1) is 14.5. The minimum absolute atomic E-state index is 0.580. The maximum atomic E-state index is 4.76. The summed E-state index contributed by atoms with van der Waals surface area (Å²) in [5.41, 5.74) is 0. The van der Waals surface area contributed by atoms with E-state index in [0.29, 0.717) is 12.0 Å². The van der Waals surface area contributed by atoms with Gasteiger partial charge < -0.3 is 15.1 Å². The molecule has 1 fully saturated rings. The Morgan fingerprint density at radius 2 is 2.19 bits per heavy atom. The summed E-state index contributed by atoms with van der Waals surface area (Å²) in [6.45, 7) is 7.31. The fourth-order valence-corrected chi connectivity index (χ4v) is 3.87. The zero-order valence-electron chi connectivity index (χ0n) is 13.1. The number of rotatable bonds is 4. The molecule has 0 aromatic carbocycles. The van der Waals surface area contributed by atoms with Crippen molar-refractivity contribution >= 4 is 33.3 Å². The molecule has 114 valence electrons. The molecule has 6 heteroatoms. The average molecular weight is 305 g/mol. The molecule has 5 nitrogen and oxygen atoms in total. The van der Waals surface area contributed by atoms with Crippen LogP contribution in [0.1, 0.15) is 13.8 Å². The molecule has 2 atom stereocenters. The molecule has 2 aromatic heterocycles. The Morgan fingerprint density at radius 1 is 1.38 bits per heavy atom. The number of nitrogens with zero attached hydrogens (tertiary/aromatic N) is 4. The topological polar surface area (TPSA) is 44.3 Å². The molecule has 2 unspecified atom stereocenters. The molecule has 0 aliphatic carbocycles. The van der Waals surface area contributed by atoms with Gasteiger partial charge in [0, 0.05) is 25.7 Å². The van der Waals surface area contributed by atoms with Crippen molar-refractivity contribution in [2.24, 2.45) is 5.92 Å². The summed E-state index contributed by atoms with van der Waals surface area (Å²) in [4.78, 5) is 15.2. The van der Waals surface area contributed by atoms with Crippen molar-refractivity contribution in [1.82, 2.24) is 14.9 Å². The lowest BCUT2D eigenvalue weighted by Crippen LogP contribution is -2.34. The number of fused-ring (bicyclic) bond motifs is 1. The van der Waals surface area contributed by atoms with E-state index in [-0.39, 0.29) is 0 Å². The van der Waals surface area contributed by atoms with Crippen molar-refractivity contribution in [2.45, 2.75) is 19.9 Å². The summed E-state index contributed by atoms with van der Waals surface area (Å²) < 4.78 is 0. The molecule has 1 aliphatic rings. The molecule has 1 aliphatic heterocycles. The van der Waals surface area contributed by atoms with E-state index in [0.717, 1.165) is 36.2 Å². The van der Waals surface area contributed by atoms with Crippen LogP contribution in [0, 0.1) is 5.92 Å². The molecular weight excluding hydrogens is 282 g/mol. The second kappa shape index (κ2) is 5.77. The molecule has 21 heavy (non-hydrogen) atoms. The third kappa shape index (κ3) is 2.70. The highest BCUT2D eigenvalue weighted by Crippen LogP contribution is 2.33. The van der Waals surface area contributed by atoms with E-state index in [2.05, 4.69) is 59.5 Å². The van der Waals surface area contributed by atoms with Gasteiger partial charge in [-0.2, -0.15) is 4.98 Å². The molecule has 2 aromatic rings. The van der Waals surface area contributed by atoms with E-state index in [1.807, 2.05) is 0 Å². The van der Waals surface area contributed by atoms with Gasteiger partial charge in [-0.1, -0.05) is 6.92 Å². The number of nitrogens with one attached hydrogen (secondary N) is 1. The van der Waals surface area contributed by atoms with Gasteiger partial charge in [0.1, 0.15) is 10.6 Å². The third-order valence-electron chi connectivity index (χ3n) is 4.18. The normalized spacial score (nSPS) is 22.4. The Labute approximate surface area is 130 Å². The van der Waals surface area contributed by atoms with Crippen LogP contribution in [0.15, 0.2) is 11.4 Å². The smallest absolute Gasteiger partial charge is 0.226 e. The summed E-state index contributed by atoms with van der Waals surface area (Å²) in [6, 6.07) is 2.72. The van der Waals surface area contributed by atoms with Crippen LogP contribution in [0.3, 0.4) is 0 Å². The summed E-state index contributed by atoms with van der Waals surface area (Å²) in [7, 11) is 4.32. The Balaban J connectivity index is 1.98. The highest BCUT2D eigenvalue weighted by Gasteiger charge is 2.32. The predicted molar refractivity (Wildman–Crippen MR) is 90.4 cm³/mol. The van der Waals surface area contributed by atoms with Crippen molar-refractivity contribution in [3.63, 3.8) is 0 Å². The average Bonchev–Trinajstić information content (AvgIpc) is 3.04. The van der Waals surface area contributed by atoms with Crippen LogP contribution in [0.5, 0.6) is 0 Å². The number of hydrogen-bond acceptors (Lipinski definition) is 6. The Hall–Kier alpha value is -1.40. The molecule has 3 heterocycles. The lowest BCUT2D eigenvalue weighted by atomic mass is 10.1. The molecule has 0 spiro atoms. The van der Waals surface area contributed by atoms with Gasteiger partial charge in [-0.25, -0.2) is 4.98 Å². The second-order valence-electron chi connectivity index (χ2n) is 5.95. The van der Waals surface area contributed by atoms with E-state index in [4.69, 9.17) is 4.98 Å². The Bertz CT molecular complexity index is 624. The molecule has 0 amide bonds. The van der Waals surface area contributed by atoms with Crippen molar-refractivity contribution in [2.75, 3.05) is 43.9 Å². The monoisotopic (exact) mass is 305 g/mol. The van der Waals surface area contributed by atoms with E-state index >= 15 is 0 Å².